The first kappa shape index (κ1) is 20.3. The number of aromatic nitrogens is 4. The van der Waals surface area contributed by atoms with Crippen LogP contribution in [0.4, 0.5) is 0 Å². The first-order valence-electron chi connectivity index (χ1n) is 10.6. The molecule has 32 heavy (non-hydrogen) atoms. The average molecular weight is 444 g/mol. The monoisotopic (exact) mass is 443 g/mol. The number of aromatic amines is 1. The molecule has 4 heterocycles. The highest BCUT2D eigenvalue weighted by Gasteiger charge is 2.29. The van der Waals surface area contributed by atoms with Gasteiger partial charge >= 0.3 is 0 Å². The summed E-state index contributed by atoms with van der Waals surface area (Å²) in [5.41, 5.74) is 3.67. The molecular formula is C24H21N5O2S. The van der Waals surface area contributed by atoms with Gasteiger partial charge in [0.1, 0.15) is 10.7 Å². The van der Waals surface area contributed by atoms with Crippen LogP contribution in [0.25, 0.3) is 15.9 Å². The predicted octanol–water partition coefficient (Wildman–Crippen LogP) is 4.16. The fourth-order valence-corrected chi connectivity index (χ4v) is 5.88. The van der Waals surface area contributed by atoms with Crippen molar-refractivity contribution in [3.05, 3.63) is 74.2 Å². The molecule has 1 aliphatic rings. The second-order valence-corrected chi connectivity index (χ2v) is 9.18. The van der Waals surface area contributed by atoms with Gasteiger partial charge in [0.05, 0.1) is 23.3 Å². The smallest absolute Gasteiger partial charge is 0.259 e. The largest absolute Gasteiger partial charge is 0.316 e. The number of nitrogens with zero attached hydrogens (tertiary/aromatic N) is 4. The van der Waals surface area contributed by atoms with Gasteiger partial charge in [-0.15, -0.1) is 11.3 Å². The zero-order valence-corrected chi connectivity index (χ0v) is 18.6. The van der Waals surface area contributed by atoms with Crippen molar-refractivity contribution in [2.24, 2.45) is 0 Å². The van der Waals surface area contributed by atoms with Gasteiger partial charge in [0.15, 0.2) is 11.7 Å². The Kier molecular flexibility index (Phi) is 4.98. The zero-order valence-electron chi connectivity index (χ0n) is 17.8. The number of hydrogen-bond acceptors (Lipinski definition) is 6. The van der Waals surface area contributed by atoms with Gasteiger partial charge in [0.25, 0.3) is 5.56 Å². The van der Waals surface area contributed by atoms with Crippen LogP contribution >= 0.6 is 11.3 Å². The van der Waals surface area contributed by atoms with E-state index in [0.29, 0.717) is 15.8 Å². The molecule has 160 valence electrons. The van der Waals surface area contributed by atoms with Gasteiger partial charge in [-0.05, 0) is 63.3 Å². The van der Waals surface area contributed by atoms with Crippen LogP contribution in [-0.2, 0) is 12.8 Å². The van der Waals surface area contributed by atoms with Gasteiger partial charge in [0, 0.05) is 28.0 Å². The van der Waals surface area contributed by atoms with Gasteiger partial charge in [-0.1, -0.05) is 0 Å². The molecule has 1 atom stereocenters. The van der Waals surface area contributed by atoms with Crippen LogP contribution in [0.15, 0.2) is 35.4 Å². The molecule has 1 unspecified atom stereocenters. The van der Waals surface area contributed by atoms with Gasteiger partial charge < -0.3 is 9.55 Å². The first-order valence-corrected chi connectivity index (χ1v) is 11.4. The minimum absolute atomic E-state index is 0.111. The van der Waals surface area contributed by atoms with Crippen LogP contribution in [0.1, 0.15) is 56.8 Å². The summed E-state index contributed by atoms with van der Waals surface area (Å²) in [5.74, 6) is -1.45. The number of ketones is 1. The fraction of sp³-hybridized carbons (Fsp3) is 0.292. The van der Waals surface area contributed by atoms with Crippen LogP contribution in [0.2, 0.25) is 0 Å². The van der Waals surface area contributed by atoms with E-state index in [0.717, 1.165) is 48.3 Å². The van der Waals surface area contributed by atoms with Crippen LogP contribution < -0.4 is 5.56 Å². The number of fused-ring (bicyclic) bond motifs is 3. The third-order valence-corrected chi connectivity index (χ3v) is 7.29. The second kappa shape index (κ2) is 7.84. The molecule has 0 spiro atoms. The Bertz CT molecular complexity index is 1460. The van der Waals surface area contributed by atoms with Crippen molar-refractivity contribution in [1.29, 1.82) is 5.26 Å². The number of carbonyl (C=O) groups excluding carboxylic acids is 1. The lowest BCUT2D eigenvalue weighted by atomic mass is 9.96. The topological polar surface area (TPSA) is 104 Å². The molecule has 0 saturated carbocycles. The van der Waals surface area contributed by atoms with Gasteiger partial charge in [-0.25, -0.2) is 4.98 Å². The van der Waals surface area contributed by atoms with E-state index >= 15 is 0 Å². The van der Waals surface area contributed by atoms with E-state index in [-0.39, 0.29) is 17.2 Å². The molecule has 0 aliphatic heterocycles. The minimum Gasteiger partial charge on any atom is -0.316 e. The molecule has 4 aromatic rings. The highest BCUT2D eigenvalue weighted by Crippen LogP contribution is 2.34. The number of nitrogens with one attached hydrogen (secondary N) is 1. The number of aryl methyl sites for hydroxylation is 3. The maximum atomic E-state index is 13.4. The highest BCUT2D eigenvalue weighted by atomic mass is 32.1. The lowest BCUT2D eigenvalue weighted by Crippen LogP contribution is -2.20. The highest BCUT2D eigenvalue weighted by molar-refractivity contribution is 7.18. The molecule has 7 nitrogen and oxygen atoms in total. The number of hydrogen-bond donors (Lipinski definition) is 1. The van der Waals surface area contributed by atoms with Crippen molar-refractivity contribution in [2.45, 2.75) is 45.4 Å². The molecule has 0 amide bonds. The normalized spacial score (nSPS) is 14.2. The fourth-order valence-electron chi connectivity index (χ4n) is 4.61. The van der Waals surface area contributed by atoms with Gasteiger partial charge in [0.2, 0.25) is 0 Å². The molecule has 0 aromatic carbocycles. The zero-order chi connectivity index (χ0) is 22.4. The van der Waals surface area contributed by atoms with Crippen LogP contribution in [0, 0.1) is 25.2 Å². The van der Waals surface area contributed by atoms with Crippen molar-refractivity contribution >= 4 is 27.3 Å². The third-order valence-electron chi connectivity index (χ3n) is 6.11. The number of nitriles is 1. The molecule has 0 radical (unpaired) electrons. The van der Waals surface area contributed by atoms with Crippen molar-refractivity contribution in [3.63, 3.8) is 0 Å². The Balaban J connectivity index is 1.58. The summed E-state index contributed by atoms with van der Waals surface area (Å²) in [6.07, 6.45) is 7.41. The number of thiophene rings is 1. The summed E-state index contributed by atoms with van der Waals surface area (Å²) in [6, 6.07) is 7.58. The van der Waals surface area contributed by atoms with Crippen LogP contribution in [-0.4, -0.2) is 25.3 Å². The van der Waals surface area contributed by atoms with Gasteiger partial charge in [-0.3, -0.25) is 14.6 Å². The molecule has 8 heteroatoms. The van der Waals surface area contributed by atoms with Crippen LogP contribution in [0.3, 0.4) is 0 Å². The molecule has 4 aromatic heterocycles. The van der Waals surface area contributed by atoms with E-state index in [4.69, 9.17) is 0 Å². The Morgan fingerprint density at radius 2 is 2.12 bits per heavy atom. The third kappa shape index (κ3) is 3.17. The molecule has 0 saturated heterocycles. The van der Waals surface area contributed by atoms with Crippen LogP contribution in [0.5, 0.6) is 0 Å². The predicted molar refractivity (Wildman–Crippen MR) is 123 cm³/mol. The van der Waals surface area contributed by atoms with E-state index in [1.807, 2.05) is 30.5 Å². The summed E-state index contributed by atoms with van der Waals surface area (Å²) < 4.78 is 1.93. The van der Waals surface area contributed by atoms with Gasteiger partial charge in [-0.2, -0.15) is 5.26 Å². The quantitative estimate of drug-likeness (QED) is 0.477. The lowest BCUT2D eigenvalue weighted by molar-refractivity contribution is 0.0975. The maximum absolute atomic E-state index is 13.4. The Morgan fingerprint density at radius 1 is 1.31 bits per heavy atom. The number of pyridine rings is 1. The lowest BCUT2D eigenvalue weighted by Gasteiger charge is -2.11. The van der Waals surface area contributed by atoms with Crippen molar-refractivity contribution in [3.8, 4) is 11.8 Å². The summed E-state index contributed by atoms with van der Waals surface area (Å²) in [7, 11) is 0. The van der Waals surface area contributed by atoms with E-state index < -0.39 is 5.92 Å². The molecule has 5 rings (SSSR count). The summed E-state index contributed by atoms with van der Waals surface area (Å²) >= 11 is 1.51. The Labute approximate surface area is 188 Å². The Hall–Kier alpha value is -3.57. The van der Waals surface area contributed by atoms with E-state index in [1.54, 1.807) is 18.5 Å². The molecular weight excluding hydrogens is 422 g/mol. The summed E-state index contributed by atoms with van der Waals surface area (Å²) in [5, 5.41) is 10.5. The first-order chi connectivity index (χ1) is 15.5. The molecule has 1 aliphatic carbocycles. The molecule has 0 bridgehead atoms. The van der Waals surface area contributed by atoms with E-state index in [9.17, 15) is 14.9 Å². The van der Waals surface area contributed by atoms with E-state index in [1.165, 1.54) is 16.2 Å². The van der Waals surface area contributed by atoms with E-state index in [2.05, 4.69) is 21.0 Å². The standard InChI is InChI=1S/C24H21N5O2S/c1-13-10-17(14(2)29(13)15-6-5-9-26-12-15)21(30)18(11-25)22-27-23(31)20-16-7-3-4-8-19(16)32-24(20)28-22/h5-6,9-10,12,18H,3-4,7-8H2,1-2H3,(H,27,28,31). The Morgan fingerprint density at radius 3 is 2.88 bits per heavy atom. The maximum Gasteiger partial charge on any atom is 0.259 e. The summed E-state index contributed by atoms with van der Waals surface area (Å²) in [6.45, 7) is 3.74. The number of H-pyrrole nitrogens is 1. The number of carbonyl (C=O) groups is 1. The summed E-state index contributed by atoms with van der Waals surface area (Å²) in [4.78, 5) is 39.6. The number of rotatable bonds is 4. The van der Waals surface area contributed by atoms with Crippen molar-refractivity contribution in [1.82, 2.24) is 19.5 Å². The van der Waals surface area contributed by atoms with Crippen molar-refractivity contribution in [2.75, 3.05) is 0 Å². The average Bonchev–Trinajstić information content (AvgIpc) is 3.31. The SMILES string of the molecule is Cc1cc(C(=O)C(C#N)c2nc3sc4c(c3c(=O)[nH]2)CCCC4)c(C)n1-c1cccnc1. The molecule has 1 N–H and O–H groups in total. The van der Waals surface area contributed by atoms with Crippen molar-refractivity contribution < 1.29 is 4.79 Å². The second-order valence-electron chi connectivity index (χ2n) is 8.10. The number of Topliss-reactive ketones (excluding diaryl/α,β-unsaturated/α-hetero) is 1. The minimum atomic E-state index is -1.19. The molecule has 0 fully saturated rings.